The molecular formula is C11H23NS4. The molecule has 0 aromatic rings. The van der Waals surface area contributed by atoms with Gasteiger partial charge in [-0.3, -0.25) is 0 Å². The van der Waals surface area contributed by atoms with E-state index in [1.807, 2.05) is 0 Å². The van der Waals surface area contributed by atoms with Crippen molar-refractivity contribution in [3.05, 3.63) is 0 Å². The number of thioether (sulfide) groups is 4. The van der Waals surface area contributed by atoms with Gasteiger partial charge in [-0.2, -0.15) is 47.0 Å². The second-order valence-electron chi connectivity index (χ2n) is 3.55. The molecule has 16 heavy (non-hydrogen) atoms. The molecule has 0 atom stereocenters. The van der Waals surface area contributed by atoms with Crippen molar-refractivity contribution in [1.29, 1.82) is 0 Å². The van der Waals surface area contributed by atoms with Crippen LogP contribution in [0.1, 0.15) is 6.42 Å². The zero-order valence-electron chi connectivity index (χ0n) is 9.91. The monoisotopic (exact) mass is 297 g/mol. The smallest absolute Gasteiger partial charge is 0.00584 e. The Morgan fingerprint density at radius 3 is 1.44 bits per heavy atom. The summed E-state index contributed by atoms with van der Waals surface area (Å²) < 4.78 is 0. The van der Waals surface area contributed by atoms with E-state index in [9.17, 15) is 0 Å². The highest BCUT2D eigenvalue weighted by atomic mass is 32.2. The van der Waals surface area contributed by atoms with Crippen LogP contribution in [0.3, 0.4) is 0 Å². The predicted octanol–water partition coefficient (Wildman–Crippen LogP) is 2.91. The van der Waals surface area contributed by atoms with Gasteiger partial charge in [-0.25, -0.2) is 0 Å². The molecule has 1 aliphatic rings. The Morgan fingerprint density at radius 2 is 0.938 bits per heavy atom. The number of hydrogen-bond donors (Lipinski definition) is 1. The van der Waals surface area contributed by atoms with Crippen LogP contribution in [0, 0.1) is 0 Å². The molecule has 0 bridgehead atoms. The zero-order valence-corrected chi connectivity index (χ0v) is 13.2. The lowest BCUT2D eigenvalue weighted by molar-refractivity contribution is 0.774. The van der Waals surface area contributed by atoms with Gasteiger partial charge in [0.05, 0.1) is 0 Å². The fourth-order valence-corrected chi connectivity index (χ4v) is 5.48. The van der Waals surface area contributed by atoms with Crippen molar-refractivity contribution in [2.45, 2.75) is 6.42 Å². The Hall–Kier alpha value is 1.36. The third-order valence-corrected chi connectivity index (χ3v) is 6.80. The average Bonchev–Trinajstić information content (AvgIpc) is 2.29. The molecule has 1 heterocycles. The van der Waals surface area contributed by atoms with Crippen molar-refractivity contribution < 1.29 is 0 Å². The molecule has 1 N–H and O–H groups in total. The van der Waals surface area contributed by atoms with Crippen LogP contribution in [0.4, 0.5) is 0 Å². The number of hydrogen-bond acceptors (Lipinski definition) is 5. The van der Waals surface area contributed by atoms with E-state index in [4.69, 9.17) is 0 Å². The summed E-state index contributed by atoms with van der Waals surface area (Å²) in [6.45, 7) is 2.37. The molecule has 0 amide bonds. The first-order chi connectivity index (χ1) is 8.00. The quantitative estimate of drug-likeness (QED) is 0.735. The molecule has 5 heteroatoms. The van der Waals surface area contributed by atoms with E-state index in [0.29, 0.717) is 0 Å². The van der Waals surface area contributed by atoms with Crippen molar-refractivity contribution in [3.63, 3.8) is 0 Å². The third-order valence-electron chi connectivity index (χ3n) is 2.17. The van der Waals surface area contributed by atoms with E-state index in [-0.39, 0.29) is 0 Å². The first-order valence-corrected chi connectivity index (χ1v) is 10.6. The standard InChI is InChI=1S/C11H23NS4/c1-4-13-8-10-15-6-2-12-3-7-16-11-9-14-5-1/h12H,1-11H2. The van der Waals surface area contributed by atoms with Crippen LogP contribution in [0.15, 0.2) is 0 Å². The zero-order chi connectivity index (χ0) is 11.3. The van der Waals surface area contributed by atoms with Crippen LogP contribution < -0.4 is 5.32 Å². The first kappa shape index (κ1) is 15.4. The van der Waals surface area contributed by atoms with Gasteiger partial charge in [0, 0.05) is 47.6 Å². The number of rotatable bonds is 0. The molecule has 1 rings (SSSR count). The van der Waals surface area contributed by atoms with Crippen molar-refractivity contribution >= 4 is 47.0 Å². The SMILES string of the molecule is C1CSCCSCCNCCSCCSC1. The van der Waals surface area contributed by atoms with Gasteiger partial charge in [-0.05, 0) is 17.9 Å². The molecule has 0 aromatic carbocycles. The van der Waals surface area contributed by atoms with Crippen LogP contribution in [-0.2, 0) is 0 Å². The second-order valence-corrected chi connectivity index (χ2v) is 8.45. The molecule has 0 radical (unpaired) electrons. The maximum atomic E-state index is 3.51. The van der Waals surface area contributed by atoms with Gasteiger partial charge in [0.1, 0.15) is 0 Å². The second kappa shape index (κ2) is 12.8. The van der Waals surface area contributed by atoms with E-state index in [1.54, 1.807) is 0 Å². The first-order valence-electron chi connectivity index (χ1n) is 6.02. The lowest BCUT2D eigenvalue weighted by Crippen LogP contribution is -2.20. The fourth-order valence-electron chi connectivity index (χ4n) is 1.32. The molecule has 0 spiro atoms. The Morgan fingerprint density at radius 1 is 0.500 bits per heavy atom. The summed E-state index contributed by atoms with van der Waals surface area (Å²) in [5.74, 6) is 10.6. The summed E-state index contributed by atoms with van der Waals surface area (Å²) in [4.78, 5) is 0. The van der Waals surface area contributed by atoms with Crippen LogP contribution >= 0.6 is 47.0 Å². The van der Waals surface area contributed by atoms with Crippen LogP contribution in [0.2, 0.25) is 0 Å². The Labute approximate surface area is 117 Å². The van der Waals surface area contributed by atoms with Crippen LogP contribution in [0.5, 0.6) is 0 Å². The highest BCUT2D eigenvalue weighted by Gasteiger charge is 1.96. The maximum Gasteiger partial charge on any atom is 0.00584 e. The molecular weight excluding hydrogens is 274 g/mol. The van der Waals surface area contributed by atoms with Gasteiger partial charge in [-0.15, -0.1) is 0 Å². The summed E-state index contributed by atoms with van der Waals surface area (Å²) >= 11 is 8.45. The van der Waals surface area contributed by atoms with Crippen molar-refractivity contribution in [2.75, 3.05) is 59.1 Å². The van der Waals surface area contributed by atoms with E-state index < -0.39 is 0 Å². The Balaban J connectivity index is 2.00. The molecule has 1 saturated heterocycles. The molecule has 96 valence electrons. The van der Waals surface area contributed by atoms with Crippen LogP contribution in [-0.4, -0.2) is 59.1 Å². The minimum absolute atomic E-state index is 1.19. The lowest BCUT2D eigenvalue weighted by atomic mass is 10.6. The van der Waals surface area contributed by atoms with E-state index in [2.05, 4.69) is 52.4 Å². The van der Waals surface area contributed by atoms with Gasteiger partial charge in [0.15, 0.2) is 0 Å². The molecule has 0 unspecified atom stereocenters. The average molecular weight is 298 g/mol. The van der Waals surface area contributed by atoms with Crippen LogP contribution in [0.25, 0.3) is 0 Å². The molecule has 1 fully saturated rings. The van der Waals surface area contributed by atoms with Gasteiger partial charge >= 0.3 is 0 Å². The molecule has 0 saturated carbocycles. The van der Waals surface area contributed by atoms with E-state index in [0.717, 1.165) is 0 Å². The topological polar surface area (TPSA) is 12.0 Å². The third kappa shape index (κ3) is 10.5. The highest BCUT2D eigenvalue weighted by Crippen LogP contribution is 2.12. The summed E-state index contributed by atoms with van der Waals surface area (Å²) in [5.41, 5.74) is 0. The van der Waals surface area contributed by atoms with Gasteiger partial charge in [0.2, 0.25) is 0 Å². The predicted molar refractivity (Wildman–Crippen MR) is 86.8 cm³/mol. The number of nitrogens with one attached hydrogen (secondary N) is 1. The van der Waals surface area contributed by atoms with Gasteiger partial charge < -0.3 is 5.32 Å². The normalized spacial score (nSPS) is 24.0. The molecule has 1 aliphatic heterocycles. The minimum Gasteiger partial charge on any atom is -0.315 e. The van der Waals surface area contributed by atoms with Crippen molar-refractivity contribution in [1.82, 2.24) is 5.32 Å². The molecule has 0 aromatic heterocycles. The highest BCUT2D eigenvalue weighted by molar-refractivity contribution is 8.03. The van der Waals surface area contributed by atoms with E-state index in [1.165, 1.54) is 65.5 Å². The summed E-state index contributed by atoms with van der Waals surface area (Å²) in [7, 11) is 0. The molecule has 0 aliphatic carbocycles. The molecule has 1 nitrogen and oxygen atoms in total. The fraction of sp³-hybridized carbons (Fsp3) is 1.00. The van der Waals surface area contributed by atoms with Crippen molar-refractivity contribution in [3.8, 4) is 0 Å². The maximum absolute atomic E-state index is 3.51. The summed E-state index contributed by atoms with van der Waals surface area (Å²) in [6, 6.07) is 0. The Bertz CT molecular complexity index is 81.9. The summed E-state index contributed by atoms with van der Waals surface area (Å²) in [6.07, 6.45) is 1.40. The van der Waals surface area contributed by atoms with Gasteiger partial charge in [-0.1, -0.05) is 0 Å². The van der Waals surface area contributed by atoms with Gasteiger partial charge in [0.25, 0.3) is 0 Å². The van der Waals surface area contributed by atoms with E-state index >= 15 is 0 Å². The largest absolute Gasteiger partial charge is 0.315 e. The summed E-state index contributed by atoms with van der Waals surface area (Å²) in [5, 5.41) is 3.51. The minimum atomic E-state index is 1.19. The Kier molecular flexibility index (Phi) is 12.3. The lowest BCUT2D eigenvalue weighted by Gasteiger charge is -2.07. The van der Waals surface area contributed by atoms with Crippen molar-refractivity contribution in [2.24, 2.45) is 0 Å².